The minimum Gasteiger partial charge on any atom is -0.0620 e. The highest BCUT2D eigenvalue weighted by Gasteiger charge is 2.19. The summed E-state index contributed by atoms with van der Waals surface area (Å²) >= 11 is 0. The van der Waals surface area contributed by atoms with Gasteiger partial charge in [0, 0.05) is 0 Å². The molecule has 0 bridgehead atoms. The Labute approximate surface area is 45.9 Å². The lowest BCUT2D eigenvalue weighted by Gasteiger charge is -2.28. The minimum absolute atomic E-state index is 0.453. The van der Waals surface area contributed by atoms with Crippen LogP contribution in [-0.2, 0) is 0 Å². The molecule has 1 saturated carbocycles. The average molecular weight is 96.2 g/mol. The summed E-state index contributed by atoms with van der Waals surface area (Å²) in [5.74, 6) is 1.31. The Balaban J connectivity index is 2.14. The Morgan fingerprint density at radius 2 is 2.14 bits per heavy atom. The van der Waals surface area contributed by atoms with Gasteiger partial charge < -0.3 is 0 Å². The van der Waals surface area contributed by atoms with E-state index in [2.05, 4.69) is 6.92 Å². The van der Waals surface area contributed by atoms with Gasteiger partial charge in [0.25, 0.3) is 0 Å². The molecular weight excluding hydrogens is 84.1 g/mol. The molecule has 0 N–H and O–H groups in total. The molecule has 0 aromatic rings. The third-order valence-corrected chi connectivity index (χ3v) is 1.89. The van der Waals surface area contributed by atoms with E-state index in [4.69, 9.17) is 6.92 Å². The lowest BCUT2D eigenvalue weighted by Crippen LogP contribution is -2.16. The zero-order chi connectivity index (χ0) is 5.28. The van der Waals surface area contributed by atoms with Gasteiger partial charge in [0.2, 0.25) is 0 Å². The van der Waals surface area contributed by atoms with Crippen LogP contribution < -0.4 is 0 Å². The van der Waals surface area contributed by atoms with Gasteiger partial charge in [-0.2, -0.15) is 0 Å². The van der Waals surface area contributed by atoms with Crippen LogP contribution in [0.15, 0.2) is 0 Å². The van der Waals surface area contributed by atoms with Gasteiger partial charge >= 0.3 is 0 Å². The average Bonchev–Trinajstić information content (AvgIpc) is 1.23. The monoisotopic (exact) mass is 96.1 g/mol. The van der Waals surface area contributed by atoms with E-state index in [1.54, 1.807) is 0 Å². The van der Waals surface area contributed by atoms with Crippen molar-refractivity contribution in [3.63, 3.8) is 0 Å². The lowest BCUT2D eigenvalue weighted by atomic mass is 9.78. The zero-order valence-electron chi connectivity index (χ0n) is 4.85. The van der Waals surface area contributed by atoms with Crippen LogP contribution in [0.4, 0.5) is 0 Å². The van der Waals surface area contributed by atoms with Crippen molar-refractivity contribution in [2.45, 2.75) is 26.2 Å². The van der Waals surface area contributed by atoms with Gasteiger partial charge in [0.1, 0.15) is 0 Å². The molecule has 0 heterocycles. The van der Waals surface area contributed by atoms with E-state index in [1.165, 1.54) is 19.3 Å². The first-order chi connectivity index (χ1) is 3.30. The maximum atomic E-state index is 5.60. The van der Waals surface area contributed by atoms with Crippen LogP contribution in [0, 0.1) is 18.8 Å². The highest BCUT2D eigenvalue weighted by Crippen LogP contribution is 2.32. The molecule has 1 rings (SSSR count). The topological polar surface area (TPSA) is 0 Å². The molecule has 2 radical (unpaired) electrons. The largest absolute Gasteiger partial charge is 0.0620 e. The second-order valence-corrected chi connectivity index (χ2v) is 2.55. The Hall–Kier alpha value is 0. The number of rotatable bonds is 1. The summed E-state index contributed by atoms with van der Waals surface area (Å²) in [5.41, 5.74) is 0. The fraction of sp³-hybridized carbons (Fsp3) is 0.857. The second kappa shape index (κ2) is 1.85. The second-order valence-electron chi connectivity index (χ2n) is 2.55. The van der Waals surface area contributed by atoms with Gasteiger partial charge in [-0.15, -0.1) is 0 Å². The van der Waals surface area contributed by atoms with Crippen LogP contribution in [0.5, 0.6) is 0 Å². The van der Waals surface area contributed by atoms with Crippen LogP contribution in [0.1, 0.15) is 26.2 Å². The molecule has 40 valence electrons. The SMILES string of the molecule is [CH]C(C)C1CCC1. The van der Waals surface area contributed by atoms with Crippen LogP contribution in [-0.4, -0.2) is 0 Å². The Kier molecular flexibility index (Phi) is 1.36. The van der Waals surface area contributed by atoms with E-state index in [1.807, 2.05) is 0 Å². The zero-order valence-corrected chi connectivity index (χ0v) is 4.85. The predicted octanol–water partition coefficient (Wildman–Crippen LogP) is 2.13. The molecule has 0 aromatic heterocycles. The van der Waals surface area contributed by atoms with Crippen LogP contribution in [0.2, 0.25) is 0 Å². The van der Waals surface area contributed by atoms with Crippen molar-refractivity contribution in [1.82, 2.24) is 0 Å². The summed E-state index contributed by atoms with van der Waals surface area (Å²) in [6.07, 6.45) is 4.15. The van der Waals surface area contributed by atoms with E-state index in [-0.39, 0.29) is 0 Å². The van der Waals surface area contributed by atoms with Crippen LogP contribution in [0.3, 0.4) is 0 Å². The van der Waals surface area contributed by atoms with Crippen LogP contribution >= 0.6 is 0 Å². The summed E-state index contributed by atoms with van der Waals surface area (Å²) in [5, 5.41) is 0. The fourth-order valence-corrected chi connectivity index (χ4v) is 0.966. The van der Waals surface area contributed by atoms with Crippen molar-refractivity contribution >= 4 is 0 Å². The maximum absolute atomic E-state index is 5.60. The van der Waals surface area contributed by atoms with Gasteiger partial charge in [0.05, 0.1) is 0 Å². The van der Waals surface area contributed by atoms with Crippen molar-refractivity contribution in [3.05, 3.63) is 6.92 Å². The molecule has 1 aliphatic carbocycles. The van der Waals surface area contributed by atoms with E-state index < -0.39 is 0 Å². The maximum Gasteiger partial charge on any atom is -0.0318 e. The standard InChI is InChI=1S/C7H12/c1-6(2)7-4-3-5-7/h1,6-7H,3-5H2,2H3. The molecule has 0 aromatic carbocycles. The normalized spacial score (nSPS) is 22.7. The van der Waals surface area contributed by atoms with Crippen molar-refractivity contribution in [2.24, 2.45) is 11.8 Å². The first kappa shape index (κ1) is 5.14. The molecule has 0 spiro atoms. The van der Waals surface area contributed by atoms with Gasteiger partial charge in [-0.1, -0.05) is 26.2 Å². The third kappa shape index (κ3) is 0.960. The van der Waals surface area contributed by atoms with E-state index in [0.29, 0.717) is 5.92 Å². The summed E-state index contributed by atoms with van der Waals surface area (Å²) in [7, 11) is 0. The van der Waals surface area contributed by atoms with Crippen molar-refractivity contribution in [1.29, 1.82) is 0 Å². The Morgan fingerprint density at radius 3 is 2.14 bits per heavy atom. The highest BCUT2D eigenvalue weighted by atomic mass is 14.3. The first-order valence-electron chi connectivity index (χ1n) is 3.06. The summed E-state index contributed by atoms with van der Waals surface area (Å²) in [6.45, 7) is 7.70. The molecule has 0 nitrogen and oxygen atoms in total. The van der Waals surface area contributed by atoms with E-state index >= 15 is 0 Å². The van der Waals surface area contributed by atoms with E-state index in [0.717, 1.165) is 5.92 Å². The van der Waals surface area contributed by atoms with Crippen molar-refractivity contribution in [3.8, 4) is 0 Å². The molecule has 1 fully saturated rings. The molecular formula is C7H12. The molecule has 0 heteroatoms. The molecule has 1 aliphatic rings. The van der Waals surface area contributed by atoms with Gasteiger partial charge in [-0.25, -0.2) is 0 Å². The van der Waals surface area contributed by atoms with Crippen molar-refractivity contribution < 1.29 is 0 Å². The third-order valence-electron chi connectivity index (χ3n) is 1.89. The molecule has 1 unspecified atom stereocenters. The van der Waals surface area contributed by atoms with Gasteiger partial charge in [0.15, 0.2) is 0 Å². The summed E-state index contributed by atoms with van der Waals surface area (Å²) in [4.78, 5) is 0. The Morgan fingerprint density at radius 1 is 1.57 bits per heavy atom. The molecule has 0 saturated heterocycles. The summed E-state index contributed by atoms with van der Waals surface area (Å²) < 4.78 is 0. The summed E-state index contributed by atoms with van der Waals surface area (Å²) in [6, 6.07) is 0. The first-order valence-corrected chi connectivity index (χ1v) is 3.06. The number of hydrogen-bond donors (Lipinski definition) is 0. The predicted molar refractivity (Wildman–Crippen MR) is 30.8 cm³/mol. The lowest BCUT2D eigenvalue weighted by molar-refractivity contribution is 0.253. The quantitative estimate of drug-likeness (QED) is 0.469. The van der Waals surface area contributed by atoms with Gasteiger partial charge in [-0.05, 0) is 18.8 Å². The number of hydrogen-bond acceptors (Lipinski definition) is 0. The fourth-order valence-electron chi connectivity index (χ4n) is 0.966. The molecule has 1 atom stereocenters. The van der Waals surface area contributed by atoms with E-state index in [9.17, 15) is 0 Å². The van der Waals surface area contributed by atoms with Crippen molar-refractivity contribution in [2.75, 3.05) is 0 Å². The minimum atomic E-state index is 0.453. The molecule has 0 amide bonds. The van der Waals surface area contributed by atoms with Crippen LogP contribution in [0.25, 0.3) is 0 Å². The molecule has 7 heavy (non-hydrogen) atoms. The highest BCUT2D eigenvalue weighted by molar-refractivity contribution is 4.75. The van der Waals surface area contributed by atoms with Gasteiger partial charge in [-0.3, -0.25) is 0 Å². The molecule has 0 aliphatic heterocycles. The smallest absolute Gasteiger partial charge is 0.0318 e. The Bertz CT molecular complexity index is 51.1.